The highest BCUT2D eigenvalue weighted by Crippen LogP contribution is 2.27. The molecule has 1 aromatic heterocycles. The van der Waals surface area contributed by atoms with Crippen molar-refractivity contribution in [1.82, 2.24) is 14.8 Å². The number of halogens is 1. The van der Waals surface area contributed by atoms with Crippen LogP contribution in [0.25, 0.3) is 17.0 Å². The number of methoxy groups -OCH3 is 1. The second kappa shape index (κ2) is 8.04. The summed E-state index contributed by atoms with van der Waals surface area (Å²) in [6.45, 7) is 0.116. The van der Waals surface area contributed by atoms with Crippen LogP contribution >= 0.6 is 11.6 Å². The summed E-state index contributed by atoms with van der Waals surface area (Å²) in [6, 6.07) is 14.7. The molecule has 4 rings (SSSR count). The highest BCUT2D eigenvalue weighted by atomic mass is 35.5. The van der Waals surface area contributed by atoms with Crippen LogP contribution < -0.4 is 5.32 Å². The van der Waals surface area contributed by atoms with Gasteiger partial charge in [-0.05, 0) is 23.8 Å². The normalized spacial score (nSPS) is 15.1. The van der Waals surface area contributed by atoms with Crippen LogP contribution in [0, 0.1) is 0 Å². The van der Waals surface area contributed by atoms with Crippen LogP contribution in [-0.2, 0) is 20.9 Å². The van der Waals surface area contributed by atoms with Crippen LogP contribution in [0.2, 0.25) is 5.02 Å². The predicted octanol–water partition coefficient (Wildman–Crippen LogP) is 3.41. The van der Waals surface area contributed by atoms with E-state index in [1.807, 2.05) is 59.3 Å². The van der Waals surface area contributed by atoms with Crippen LogP contribution in [0.5, 0.6) is 0 Å². The highest BCUT2D eigenvalue weighted by Gasteiger charge is 2.35. The first-order valence-electron chi connectivity index (χ1n) is 9.20. The van der Waals surface area contributed by atoms with E-state index in [0.717, 1.165) is 26.9 Å². The second-order valence-electron chi connectivity index (χ2n) is 6.78. The molecule has 1 aliphatic rings. The van der Waals surface area contributed by atoms with Crippen molar-refractivity contribution in [3.8, 4) is 0 Å². The molecule has 0 spiro atoms. The molecule has 0 aliphatic carbocycles. The average Bonchev–Trinajstić information content (AvgIpc) is 3.22. The minimum atomic E-state index is -0.670. The Labute approximate surface area is 177 Å². The van der Waals surface area contributed by atoms with Crippen molar-refractivity contribution in [3.63, 3.8) is 0 Å². The summed E-state index contributed by atoms with van der Waals surface area (Å²) in [5.41, 5.74) is 2.80. The largest absolute Gasteiger partial charge is 0.468 e. The zero-order valence-electron chi connectivity index (χ0n) is 16.1. The Morgan fingerprint density at radius 1 is 1.13 bits per heavy atom. The maximum absolute atomic E-state index is 12.6. The summed E-state index contributed by atoms with van der Waals surface area (Å²) in [7, 11) is 1.20. The van der Waals surface area contributed by atoms with Crippen LogP contribution in [0.3, 0.4) is 0 Å². The summed E-state index contributed by atoms with van der Waals surface area (Å²) in [5.74, 6) is -1.25. The van der Waals surface area contributed by atoms with Crippen LogP contribution in [0.15, 0.2) is 60.4 Å². The van der Waals surface area contributed by atoms with E-state index in [0.29, 0.717) is 11.6 Å². The van der Waals surface area contributed by atoms with Gasteiger partial charge in [-0.3, -0.25) is 9.59 Å². The minimum absolute atomic E-state index is 0.101. The summed E-state index contributed by atoms with van der Waals surface area (Å²) < 4.78 is 6.58. The Hall–Kier alpha value is -3.58. The van der Waals surface area contributed by atoms with E-state index < -0.39 is 24.5 Å². The molecule has 0 bridgehead atoms. The van der Waals surface area contributed by atoms with Gasteiger partial charge < -0.3 is 14.6 Å². The SMILES string of the molecule is COC(=O)CN1C(=O)N/C(=C/c2cn(Cc3ccccc3Cl)c3ccccc23)C1=O. The maximum Gasteiger partial charge on any atom is 0.329 e. The molecule has 7 nitrogen and oxygen atoms in total. The molecular weight excluding hydrogens is 406 g/mol. The third-order valence-electron chi connectivity index (χ3n) is 4.89. The van der Waals surface area contributed by atoms with Gasteiger partial charge in [0.05, 0.1) is 7.11 Å². The Morgan fingerprint density at radius 2 is 1.87 bits per heavy atom. The van der Waals surface area contributed by atoms with Crippen LogP contribution in [0.4, 0.5) is 4.79 Å². The molecule has 0 radical (unpaired) electrons. The first-order chi connectivity index (χ1) is 14.5. The van der Waals surface area contributed by atoms with Gasteiger partial charge in [0.1, 0.15) is 12.2 Å². The van der Waals surface area contributed by atoms with Gasteiger partial charge in [-0.1, -0.05) is 48.0 Å². The van der Waals surface area contributed by atoms with Crippen molar-refractivity contribution in [1.29, 1.82) is 0 Å². The lowest BCUT2D eigenvalue weighted by Crippen LogP contribution is -2.36. The van der Waals surface area contributed by atoms with Gasteiger partial charge in [-0.15, -0.1) is 0 Å². The van der Waals surface area contributed by atoms with Crippen molar-refractivity contribution in [2.24, 2.45) is 0 Å². The number of rotatable bonds is 5. The molecule has 2 heterocycles. The lowest BCUT2D eigenvalue weighted by Gasteiger charge is -2.08. The number of nitrogens with zero attached hydrogens (tertiary/aromatic N) is 2. The third kappa shape index (κ3) is 3.67. The number of urea groups is 1. The summed E-state index contributed by atoms with van der Waals surface area (Å²) in [6.07, 6.45) is 3.52. The van der Waals surface area contributed by atoms with E-state index in [2.05, 4.69) is 10.1 Å². The number of benzene rings is 2. The Bertz CT molecular complexity index is 1200. The van der Waals surface area contributed by atoms with Crippen LogP contribution in [-0.4, -0.2) is 41.0 Å². The first-order valence-corrected chi connectivity index (χ1v) is 9.58. The molecule has 0 saturated carbocycles. The number of esters is 1. The number of amides is 3. The van der Waals surface area contributed by atoms with E-state index in [4.69, 9.17) is 11.6 Å². The molecular formula is C22H18ClN3O4. The Morgan fingerprint density at radius 3 is 2.63 bits per heavy atom. The molecule has 1 N–H and O–H groups in total. The molecule has 3 aromatic rings. The number of imide groups is 1. The van der Waals surface area contributed by atoms with Crippen molar-refractivity contribution in [2.45, 2.75) is 6.54 Å². The van der Waals surface area contributed by atoms with Crippen molar-refractivity contribution in [2.75, 3.05) is 13.7 Å². The topological polar surface area (TPSA) is 80.6 Å². The molecule has 1 aliphatic heterocycles. The number of hydrogen-bond acceptors (Lipinski definition) is 4. The van der Waals surface area contributed by atoms with E-state index in [9.17, 15) is 14.4 Å². The third-order valence-corrected chi connectivity index (χ3v) is 5.26. The van der Waals surface area contributed by atoms with Crippen LogP contribution in [0.1, 0.15) is 11.1 Å². The first kappa shape index (κ1) is 19.7. The average molecular weight is 424 g/mol. The fraction of sp³-hybridized carbons (Fsp3) is 0.136. The molecule has 8 heteroatoms. The molecule has 1 saturated heterocycles. The molecule has 152 valence electrons. The van der Waals surface area contributed by atoms with E-state index >= 15 is 0 Å². The molecule has 1 fully saturated rings. The van der Waals surface area contributed by atoms with Gasteiger partial charge in [0, 0.05) is 34.2 Å². The standard InChI is InChI=1S/C22H18ClN3O4/c1-30-20(27)13-26-21(28)18(24-22(26)29)10-15-12-25(19-9-5-3-7-16(15)19)11-14-6-2-4-8-17(14)23/h2-10,12H,11,13H2,1H3,(H,24,29)/b18-10+. The quantitative estimate of drug-likeness (QED) is 0.387. The highest BCUT2D eigenvalue weighted by molar-refractivity contribution is 6.31. The number of aromatic nitrogens is 1. The number of hydrogen-bond donors (Lipinski definition) is 1. The molecule has 3 amide bonds. The summed E-state index contributed by atoms with van der Waals surface area (Å²) in [4.78, 5) is 37.0. The fourth-order valence-electron chi connectivity index (χ4n) is 3.40. The lowest BCUT2D eigenvalue weighted by atomic mass is 10.1. The number of fused-ring (bicyclic) bond motifs is 1. The summed E-state index contributed by atoms with van der Waals surface area (Å²) in [5, 5.41) is 4.12. The van der Waals surface area contributed by atoms with Gasteiger partial charge in [-0.2, -0.15) is 0 Å². The van der Waals surface area contributed by atoms with E-state index in [-0.39, 0.29) is 5.70 Å². The molecule has 0 atom stereocenters. The molecule has 2 aromatic carbocycles. The van der Waals surface area contributed by atoms with Gasteiger partial charge >= 0.3 is 12.0 Å². The predicted molar refractivity (Wildman–Crippen MR) is 113 cm³/mol. The smallest absolute Gasteiger partial charge is 0.329 e. The van der Waals surface area contributed by atoms with E-state index in [1.54, 1.807) is 6.08 Å². The number of para-hydroxylation sites is 1. The van der Waals surface area contributed by atoms with Crippen molar-refractivity contribution < 1.29 is 19.1 Å². The molecule has 30 heavy (non-hydrogen) atoms. The molecule has 0 unspecified atom stereocenters. The zero-order chi connectivity index (χ0) is 21.3. The van der Waals surface area contributed by atoms with Gasteiger partial charge in [-0.25, -0.2) is 9.69 Å². The monoisotopic (exact) mass is 423 g/mol. The summed E-state index contributed by atoms with van der Waals surface area (Å²) >= 11 is 6.31. The number of carbonyl (C=O) groups excluding carboxylic acids is 3. The minimum Gasteiger partial charge on any atom is -0.468 e. The number of carbonyl (C=O) groups is 3. The number of ether oxygens (including phenoxy) is 1. The van der Waals surface area contributed by atoms with Gasteiger partial charge in [0.25, 0.3) is 5.91 Å². The fourth-order valence-corrected chi connectivity index (χ4v) is 3.59. The Kier molecular flexibility index (Phi) is 5.29. The Balaban J connectivity index is 1.70. The lowest BCUT2D eigenvalue weighted by molar-refractivity contribution is -0.143. The van der Waals surface area contributed by atoms with Gasteiger partial charge in [0.2, 0.25) is 0 Å². The van der Waals surface area contributed by atoms with Gasteiger partial charge in [0.15, 0.2) is 0 Å². The second-order valence-corrected chi connectivity index (χ2v) is 7.18. The maximum atomic E-state index is 12.6. The van der Waals surface area contributed by atoms with Crippen molar-refractivity contribution in [3.05, 3.63) is 76.6 Å². The van der Waals surface area contributed by atoms with Crippen molar-refractivity contribution >= 4 is 46.5 Å². The van der Waals surface area contributed by atoms with E-state index in [1.165, 1.54) is 7.11 Å². The number of nitrogens with one attached hydrogen (secondary N) is 1. The zero-order valence-corrected chi connectivity index (χ0v) is 16.8.